The summed E-state index contributed by atoms with van der Waals surface area (Å²) < 4.78 is 6.08. The summed E-state index contributed by atoms with van der Waals surface area (Å²) >= 11 is 0. The van der Waals surface area contributed by atoms with Crippen molar-refractivity contribution in [3.8, 4) is 11.1 Å². The lowest BCUT2D eigenvalue weighted by atomic mass is 9.94. The summed E-state index contributed by atoms with van der Waals surface area (Å²) in [6.45, 7) is 0.361. The fraction of sp³-hybridized carbons (Fsp3) is 0.175. The number of carbonyl (C=O) groups excluding carboxylic acids is 1. The zero-order valence-electron chi connectivity index (χ0n) is 24.6. The van der Waals surface area contributed by atoms with E-state index in [-0.39, 0.29) is 24.1 Å². The lowest BCUT2D eigenvalue weighted by molar-refractivity contribution is 0.0866. The van der Waals surface area contributed by atoms with Crippen molar-refractivity contribution in [1.29, 1.82) is 0 Å². The average molecular weight is 575 g/mol. The summed E-state index contributed by atoms with van der Waals surface area (Å²) in [6, 6.07) is 47.0. The van der Waals surface area contributed by atoms with E-state index in [1.807, 2.05) is 17.0 Å². The lowest BCUT2D eigenvalue weighted by Crippen LogP contribution is -2.43. The number of benzene rings is 5. The van der Waals surface area contributed by atoms with Gasteiger partial charge in [-0.1, -0.05) is 103 Å². The van der Waals surface area contributed by atoms with Crippen molar-refractivity contribution < 1.29 is 9.53 Å². The summed E-state index contributed by atoms with van der Waals surface area (Å²) in [7, 11) is 0. The minimum absolute atomic E-state index is 0.0733. The lowest BCUT2D eigenvalue weighted by Gasteiger charge is -2.34. The highest BCUT2D eigenvalue weighted by atomic mass is 16.6. The molecule has 4 heteroatoms. The third kappa shape index (κ3) is 4.67. The van der Waals surface area contributed by atoms with Crippen LogP contribution in [-0.4, -0.2) is 29.7 Å². The van der Waals surface area contributed by atoms with Gasteiger partial charge in [0.1, 0.15) is 6.61 Å². The molecule has 1 amide bonds. The van der Waals surface area contributed by atoms with Crippen LogP contribution >= 0.6 is 0 Å². The molecule has 1 saturated heterocycles. The van der Waals surface area contributed by atoms with E-state index in [1.54, 1.807) is 0 Å². The molecule has 0 spiro atoms. The molecule has 216 valence electrons. The van der Waals surface area contributed by atoms with Crippen LogP contribution in [0.5, 0.6) is 0 Å². The molecule has 44 heavy (non-hydrogen) atoms. The van der Waals surface area contributed by atoms with Gasteiger partial charge in [0, 0.05) is 29.0 Å². The highest BCUT2D eigenvalue weighted by Crippen LogP contribution is 2.45. The number of ether oxygens (including phenoxy) is 1. The number of nitrogens with zero attached hydrogens (tertiary/aromatic N) is 2. The summed E-state index contributed by atoms with van der Waals surface area (Å²) in [5.74, 6) is 0.0738. The Bertz CT molecular complexity index is 1750. The van der Waals surface area contributed by atoms with Crippen LogP contribution in [0.2, 0.25) is 0 Å². The second-order valence-corrected chi connectivity index (χ2v) is 12.0. The molecule has 2 heterocycles. The van der Waals surface area contributed by atoms with Crippen molar-refractivity contribution in [3.63, 3.8) is 0 Å². The van der Waals surface area contributed by atoms with Crippen LogP contribution < -0.4 is 4.90 Å². The van der Waals surface area contributed by atoms with Gasteiger partial charge in [0.05, 0.1) is 6.04 Å². The molecule has 0 aromatic heterocycles. The van der Waals surface area contributed by atoms with Gasteiger partial charge in [-0.3, -0.25) is 4.90 Å². The van der Waals surface area contributed by atoms with Crippen molar-refractivity contribution in [2.75, 3.05) is 11.5 Å². The fourth-order valence-corrected chi connectivity index (χ4v) is 7.42. The Morgan fingerprint density at radius 3 is 1.80 bits per heavy atom. The SMILES string of the molecule is O=C(OCC1c2ccccc2-c2ccccc21)N1C2C=C(c3ccc(N(c4ccccc4)c4ccccc4)cc3)CC1CC2. The molecule has 0 radical (unpaired) electrons. The Kier molecular flexibility index (Phi) is 6.75. The molecule has 2 unspecified atom stereocenters. The molecular weight excluding hydrogens is 540 g/mol. The molecule has 2 atom stereocenters. The maximum absolute atomic E-state index is 13.5. The summed E-state index contributed by atoms with van der Waals surface area (Å²) in [6.07, 6.45) is 4.94. The van der Waals surface area contributed by atoms with Crippen molar-refractivity contribution >= 4 is 28.7 Å². The van der Waals surface area contributed by atoms with Gasteiger partial charge in [-0.05, 0) is 89.1 Å². The van der Waals surface area contributed by atoms with E-state index in [0.717, 1.165) is 36.3 Å². The molecule has 2 aliphatic heterocycles. The molecule has 8 rings (SSSR count). The van der Waals surface area contributed by atoms with Crippen molar-refractivity contribution in [2.24, 2.45) is 0 Å². The van der Waals surface area contributed by atoms with E-state index in [1.165, 1.54) is 33.4 Å². The number of rotatable bonds is 6. The number of hydrogen-bond donors (Lipinski definition) is 0. The molecule has 2 bridgehead atoms. The number of amides is 1. The van der Waals surface area contributed by atoms with Crippen LogP contribution in [0, 0.1) is 0 Å². The summed E-state index contributed by atoms with van der Waals surface area (Å²) in [5.41, 5.74) is 10.9. The summed E-state index contributed by atoms with van der Waals surface area (Å²) in [5, 5.41) is 0. The van der Waals surface area contributed by atoms with Gasteiger partial charge in [0.15, 0.2) is 0 Å². The Labute approximate surface area is 258 Å². The third-order valence-corrected chi connectivity index (χ3v) is 9.47. The molecule has 1 aliphatic carbocycles. The van der Waals surface area contributed by atoms with Crippen molar-refractivity contribution in [2.45, 2.75) is 37.3 Å². The largest absolute Gasteiger partial charge is 0.448 e. The molecule has 1 fully saturated rings. The van der Waals surface area contributed by atoms with Crippen molar-refractivity contribution in [3.05, 3.63) is 156 Å². The van der Waals surface area contributed by atoms with E-state index in [9.17, 15) is 4.79 Å². The second kappa shape index (κ2) is 11.2. The Morgan fingerprint density at radius 1 is 0.659 bits per heavy atom. The van der Waals surface area contributed by atoms with Crippen LogP contribution in [0.15, 0.2) is 140 Å². The fourth-order valence-electron chi connectivity index (χ4n) is 7.42. The Morgan fingerprint density at radius 2 is 1.20 bits per heavy atom. The van der Waals surface area contributed by atoms with Gasteiger partial charge >= 0.3 is 6.09 Å². The van der Waals surface area contributed by atoms with E-state index in [4.69, 9.17) is 4.74 Å². The van der Waals surface area contributed by atoms with Gasteiger partial charge in [-0.15, -0.1) is 0 Å². The number of para-hydroxylation sites is 2. The molecular formula is C40H34N2O2. The highest BCUT2D eigenvalue weighted by Gasteiger charge is 2.41. The first-order chi connectivity index (χ1) is 21.7. The number of anilines is 3. The predicted molar refractivity (Wildman–Crippen MR) is 177 cm³/mol. The number of hydrogen-bond acceptors (Lipinski definition) is 3. The monoisotopic (exact) mass is 574 g/mol. The molecule has 5 aromatic carbocycles. The first kappa shape index (κ1) is 26.5. The van der Waals surface area contributed by atoms with E-state index in [0.29, 0.717) is 6.61 Å². The number of fused-ring (bicyclic) bond motifs is 5. The standard InChI is InChI=1S/C40H34N2O2/c43-40(44-27-39-37-17-9-7-15-35(37)36-16-8-10-18-38(36)39)42-33-23-24-34(42)26-29(25-33)28-19-21-32(22-20-28)41(30-11-3-1-4-12-30)31-13-5-2-6-14-31/h1-22,25,33-34,39H,23-24,26-27H2. The second-order valence-electron chi connectivity index (χ2n) is 12.0. The zero-order chi connectivity index (χ0) is 29.5. The Balaban J connectivity index is 0.993. The minimum Gasteiger partial charge on any atom is -0.448 e. The van der Waals surface area contributed by atoms with E-state index in [2.05, 4.69) is 132 Å². The van der Waals surface area contributed by atoms with Gasteiger partial charge < -0.3 is 9.64 Å². The maximum atomic E-state index is 13.5. The maximum Gasteiger partial charge on any atom is 0.410 e. The van der Waals surface area contributed by atoms with Crippen LogP contribution in [0.1, 0.15) is 41.9 Å². The molecule has 0 saturated carbocycles. The van der Waals surface area contributed by atoms with Gasteiger partial charge in [0.25, 0.3) is 0 Å². The molecule has 0 N–H and O–H groups in total. The van der Waals surface area contributed by atoms with Crippen molar-refractivity contribution in [1.82, 2.24) is 4.90 Å². The normalized spacial score (nSPS) is 18.4. The third-order valence-electron chi connectivity index (χ3n) is 9.47. The highest BCUT2D eigenvalue weighted by molar-refractivity contribution is 5.81. The van der Waals surface area contributed by atoms with Crippen LogP contribution in [0.3, 0.4) is 0 Å². The minimum atomic E-state index is -0.189. The van der Waals surface area contributed by atoms with Gasteiger partial charge in [-0.2, -0.15) is 0 Å². The molecule has 4 nitrogen and oxygen atoms in total. The topological polar surface area (TPSA) is 32.8 Å². The van der Waals surface area contributed by atoms with Gasteiger partial charge in [0.2, 0.25) is 0 Å². The first-order valence-corrected chi connectivity index (χ1v) is 15.6. The molecule has 3 aliphatic rings. The van der Waals surface area contributed by atoms with E-state index >= 15 is 0 Å². The zero-order valence-corrected chi connectivity index (χ0v) is 24.6. The molecule has 5 aromatic rings. The number of carbonyl (C=O) groups is 1. The smallest absolute Gasteiger partial charge is 0.410 e. The predicted octanol–water partition coefficient (Wildman–Crippen LogP) is 9.73. The first-order valence-electron chi connectivity index (χ1n) is 15.6. The summed E-state index contributed by atoms with van der Waals surface area (Å²) in [4.78, 5) is 17.8. The van der Waals surface area contributed by atoms with Gasteiger partial charge in [-0.25, -0.2) is 4.79 Å². The van der Waals surface area contributed by atoms with Crippen LogP contribution in [0.25, 0.3) is 16.7 Å². The quantitative estimate of drug-likeness (QED) is 0.202. The Hall–Kier alpha value is -5.09. The average Bonchev–Trinajstić information content (AvgIpc) is 3.55. The van der Waals surface area contributed by atoms with Crippen LogP contribution in [-0.2, 0) is 4.74 Å². The van der Waals surface area contributed by atoms with E-state index < -0.39 is 0 Å². The van der Waals surface area contributed by atoms with Crippen LogP contribution in [0.4, 0.5) is 21.9 Å².